The third-order valence-electron chi connectivity index (χ3n) is 7.13. The Morgan fingerprint density at radius 3 is 2.60 bits per heavy atom. The molecule has 2 aliphatic carbocycles. The highest BCUT2D eigenvalue weighted by atomic mass is 16.5. The first kappa shape index (κ1) is 23.1. The highest BCUT2D eigenvalue weighted by Crippen LogP contribution is 2.34. The normalized spacial score (nSPS) is 26.8. The molecule has 0 radical (unpaired) electrons. The van der Waals surface area contributed by atoms with Gasteiger partial charge in [-0.15, -0.1) is 0 Å². The number of aliphatic hydroxyl groups is 2. The summed E-state index contributed by atoms with van der Waals surface area (Å²) in [5.74, 6) is 1.02. The van der Waals surface area contributed by atoms with Gasteiger partial charge in [0.2, 0.25) is 0 Å². The third-order valence-corrected chi connectivity index (χ3v) is 7.13. The Kier molecular flexibility index (Phi) is 8.20. The van der Waals surface area contributed by atoms with Crippen molar-refractivity contribution in [2.45, 2.75) is 83.5 Å². The molecule has 0 saturated heterocycles. The zero-order chi connectivity index (χ0) is 21.7. The second kappa shape index (κ2) is 10.7. The van der Waals surface area contributed by atoms with E-state index >= 15 is 0 Å². The number of allylic oxidation sites excluding steroid dienone is 4. The van der Waals surface area contributed by atoms with Crippen LogP contribution in [-0.4, -0.2) is 54.2 Å². The molecule has 3 aliphatic rings. The summed E-state index contributed by atoms with van der Waals surface area (Å²) < 4.78 is 5.11. The van der Waals surface area contributed by atoms with E-state index < -0.39 is 6.23 Å². The van der Waals surface area contributed by atoms with Crippen LogP contribution in [0.15, 0.2) is 46.4 Å². The molecule has 1 saturated carbocycles. The fourth-order valence-electron chi connectivity index (χ4n) is 5.16. The Balaban J connectivity index is 1.64. The largest absolute Gasteiger partial charge is 0.510 e. The van der Waals surface area contributed by atoms with E-state index in [0.717, 1.165) is 12.8 Å². The highest BCUT2D eigenvalue weighted by molar-refractivity contribution is 5.42. The molecule has 3 N–H and O–H groups in total. The maximum Gasteiger partial charge on any atom is 0.115 e. The van der Waals surface area contributed by atoms with Crippen molar-refractivity contribution < 1.29 is 14.9 Å². The van der Waals surface area contributed by atoms with Gasteiger partial charge in [-0.05, 0) is 63.8 Å². The van der Waals surface area contributed by atoms with E-state index in [9.17, 15) is 10.2 Å². The van der Waals surface area contributed by atoms with E-state index in [4.69, 9.17) is 4.74 Å². The fourth-order valence-corrected chi connectivity index (χ4v) is 5.16. The second-order valence-corrected chi connectivity index (χ2v) is 9.29. The first-order chi connectivity index (χ1) is 14.4. The maximum atomic E-state index is 10.5. The highest BCUT2D eigenvalue weighted by Gasteiger charge is 2.30. The molecule has 3 rings (SSSR count). The Labute approximate surface area is 182 Å². The minimum atomic E-state index is -0.500. The number of hydrogen-bond acceptors (Lipinski definition) is 5. The van der Waals surface area contributed by atoms with Crippen molar-refractivity contribution in [3.05, 3.63) is 46.4 Å². The minimum absolute atomic E-state index is 0.0638. The van der Waals surface area contributed by atoms with Crippen molar-refractivity contribution in [2.24, 2.45) is 5.92 Å². The Morgan fingerprint density at radius 2 is 1.93 bits per heavy atom. The lowest BCUT2D eigenvalue weighted by Gasteiger charge is -2.36. The zero-order valence-electron chi connectivity index (χ0n) is 19.2. The SMILES string of the molecule is COCCC(O)N(C)C1C=C(C)C(CC2=CC=C(O)C(C3CCCCC3)N2)=C(C)C1. The number of ether oxygens (including phenoxy) is 1. The van der Waals surface area contributed by atoms with E-state index in [1.807, 2.05) is 24.1 Å². The minimum Gasteiger partial charge on any atom is -0.510 e. The van der Waals surface area contributed by atoms with Gasteiger partial charge in [-0.2, -0.15) is 0 Å². The average molecular weight is 417 g/mol. The van der Waals surface area contributed by atoms with Crippen LogP contribution in [0.4, 0.5) is 0 Å². The third kappa shape index (κ3) is 5.57. The number of methoxy groups -OCH3 is 1. The molecule has 168 valence electrons. The molecular formula is C25H40N2O3. The quantitative estimate of drug-likeness (QED) is 0.506. The molecule has 1 aliphatic heterocycles. The smallest absolute Gasteiger partial charge is 0.115 e. The Hall–Kier alpha value is -1.56. The molecule has 5 nitrogen and oxygen atoms in total. The summed E-state index contributed by atoms with van der Waals surface area (Å²) in [6.07, 6.45) is 14.4. The molecule has 3 atom stereocenters. The van der Waals surface area contributed by atoms with Crippen LogP contribution in [0.25, 0.3) is 0 Å². The van der Waals surface area contributed by atoms with Crippen LogP contribution in [-0.2, 0) is 4.74 Å². The standard InChI is InChI=1S/C25H40N2O3/c1-17-14-21(27(3)24(29)12-13-30-4)15-18(2)22(17)16-20-10-11-23(28)25(26-20)19-8-6-5-7-9-19/h10-11,14,19,21,24-26,28-29H,5-9,12-13,15-16H2,1-4H3. The second-order valence-electron chi connectivity index (χ2n) is 9.29. The van der Waals surface area contributed by atoms with Gasteiger partial charge in [0, 0.05) is 38.3 Å². The van der Waals surface area contributed by atoms with E-state index in [0.29, 0.717) is 24.7 Å². The summed E-state index contributed by atoms with van der Waals surface area (Å²) in [5, 5.41) is 24.5. The predicted octanol–water partition coefficient (Wildman–Crippen LogP) is 4.58. The van der Waals surface area contributed by atoms with Crippen molar-refractivity contribution in [3.8, 4) is 0 Å². The molecule has 30 heavy (non-hydrogen) atoms. The molecule has 1 heterocycles. The van der Waals surface area contributed by atoms with Crippen molar-refractivity contribution in [1.29, 1.82) is 0 Å². The summed E-state index contributed by atoms with van der Waals surface area (Å²) in [6, 6.07) is 0.265. The molecule has 0 bridgehead atoms. The number of likely N-dealkylation sites (N-methyl/N-ethyl adjacent to an activating group) is 1. The predicted molar refractivity (Wildman–Crippen MR) is 122 cm³/mol. The van der Waals surface area contributed by atoms with Crippen LogP contribution >= 0.6 is 0 Å². The lowest BCUT2D eigenvalue weighted by atomic mass is 9.81. The summed E-state index contributed by atoms with van der Waals surface area (Å²) >= 11 is 0. The molecule has 0 aromatic carbocycles. The monoisotopic (exact) mass is 416 g/mol. The van der Waals surface area contributed by atoms with E-state index in [2.05, 4.69) is 25.2 Å². The maximum absolute atomic E-state index is 10.5. The summed E-state index contributed by atoms with van der Waals surface area (Å²) in [5.41, 5.74) is 5.23. The first-order valence-corrected chi connectivity index (χ1v) is 11.5. The lowest BCUT2D eigenvalue weighted by Crippen LogP contribution is -2.41. The van der Waals surface area contributed by atoms with Crippen molar-refractivity contribution in [3.63, 3.8) is 0 Å². The van der Waals surface area contributed by atoms with Gasteiger partial charge in [0.05, 0.1) is 6.04 Å². The average Bonchev–Trinajstić information content (AvgIpc) is 2.75. The van der Waals surface area contributed by atoms with E-state index in [-0.39, 0.29) is 12.1 Å². The number of aliphatic hydroxyl groups excluding tert-OH is 2. The summed E-state index contributed by atoms with van der Waals surface area (Å²) in [6.45, 7) is 4.95. The fraction of sp³-hybridized carbons (Fsp3) is 0.680. The Morgan fingerprint density at radius 1 is 1.20 bits per heavy atom. The number of nitrogens with zero attached hydrogens (tertiary/aromatic N) is 1. The molecule has 0 aromatic heterocycles. The molecule has 3 unspecified atom stereocenters. The van der Waals surface area contributed by atoms with Crippen molar-refractivity contribution >= 4 is 0 Å². The van der Waals surface area contributed by atoms with Crippen LogP contribution in [0.5, 0.6) is 0 Å². The molecule has 5 heteroatoms. The summed E-state index contributed by atoms with van der Waals surface area (Å²) in [4.78, 5) is 2.04. The number of nitrogens with one attached hydrogen (secondary N) is 1. The number of dihydropyridines is 1. The molecule has 0 spiro atoms. The van der Waals surface area contributed by atoms with Gasteiger partial charge < -0.3 is 20.3 Å². The van der Waals surface area contributed by atoms with Crippen LogP contribution in [0.1, 0.15) is 65.2 Å². The molecular weight excluding hydrogens is 376 g/mol. The van der Waals surface area contributed by atoms with Gasteiger partial charge in [-0.25, -0.2) is 0 Å². The molecule has 0 aromatic rings. The first-order valence-electron chi connectivity index (χ1n) is 11.5. The van der Waals surface area contributed by atoms with Crippen LogP contribution < -0.4 is 5.32 Å². The van der Waals surface area contributed by atoms with Gasteiger partial charge in [-0.3, -0.25) is 4.90 Å². The molecule has 0 amide bonds. The molecule has 1 fully saturated rings. The van der Waals surface area contributed by atoms with Gasteiger partial charge >= 0.3 is 0 Å². The van der Waals surface area contributed by atoms with Crippen LogP contribution in [0.3, 0.4) is 0 Å². The topological polar surface area (TPSA) is 65.0 Å². The van der Waals surface area contributed by atoms with Crippen molar-refractivity contribution in [2.75, 3.05) is 20.8 Å². The van der Waals surface area contributed by atoms with Gasteiger partial charge in [0.25, 0.3) is 0 Å². The van der Waals surface area contributed by atoms with Crippen molar-refractivity contribution in [1.82, 2.24) is 10.2 Å². The van der Waals surface area contributed by atoms with Crippen LogP contribution in [0.2, 0.25) is 0 Å². The van der Waals surface area contributed by atoms with Gasteiger partial charge in [0.15, 0.2) is 0 Å². The van der Waals surface area contributed by atoms with E-state index in [1.165, 1.54) is 54.5 Å². The zero-order valence-corrected chi connectivity index (χ0v) is 19.2. The lowest BCUT2D eigenvalue weighted by molar-refractivity contribution is -0.0160. The number of rotatable bonds is 8. The number of hydrogen-bond donors (Lipinski definition) is 3. The summed E-state index contributed by atoms with van der Waals surface area (Å²) in [7, 11) is 3.65. The van der Waals surface area contributed by atoms with Gasteiger partial charge in [-0.1, -0.05) is 36.5 Å². The Bertz CT molecular complexity index is 716. The van der Waals surface area contributed by atoms with E-state index in [1.54, 1.807) is 7.11 Å². The van der Waals surface area contributed by atoms with Gasteiger partial charge in [0.1, 0.15) is 12.0 Å². The van der Waals surface area contributed by atoms with Crippen LogP contribution in [0, 0.1) is 5.92 Å².